The molecule has 1 aliphatic carbocycles. The van der Waals surface area contributed by atoms with Crippen LogP contribution in [0.5, 0.6) is 11.5 Å². The van der Waals surface area contributed by atoms with Gasteiger partial charge >= 0.3 is 0 Å². The smallest absolute Gasteiger partial charge is 0.127 e. The topological polar surface area (TPSA) is 27.7 Å². The van der Waals surface area contributed by atoms with Gasteiger partial charge in [-0.3, -0.25) is 9.80 Å². The minimum atomic E-state index is 0.638. The minimum Gasteiger partial charge on any atom is -0.457 e. The molecule has 2 heterocycles. The molecule has 3 aromatic rings. The Kier molecular flexibility index (Phi) is 9.49. The first-order chi connectivity index (χ1) is 19.8. The summed E-state index contributed by atoms with van der Waals surface area (Å²) in [7, 11) is 0. The van der Waals surface area contributed by atoms with Crippen LogP contribution in [-0.2, 0) is 13.1 Å². The number of hydrogen-bond acceptors (Lipinski definition) is 4. The number of piperidine rings is 1. The molecule has 2 saturated heterocycles. The lowest BCUT2D eigenvalue weighted by molar-refractivity contribution is 0.0418. The van der Waals surface area contributed by atoms with E-state index in [1.54, 1.807) is 0 Å². The molecule has 0 amide bonds. The summed E-state index contributed by atoms with van der Waals surface area (Å²) in [5.41, 5.74) is 2.83. The number of piperazine rings is 1. The molecule has 212 valence electrons. The molecule has 1 N–H and O–H groups in total. The van der Waals surface area contributed by atoms with Crippen molar-refractivity contribution in [2.75, 3.05) is 26.2 Å². The standard InChI is InChI=1S/C36H47N3O/c1-4-10-29(11-5-1)24-33-28-39(27-30-12-6-2-7-13-30)36(25-37-33)32-20-22-38(23-21-32)26-31-16-18-35(19-17-31)40-34-14-8-3-9-15-34/h2-3,6-9,12-19,29,32-33,36-37H,1,4-5,10-11,20-28H2/t33-,36?/m0/s1. The maximum Gasteiger partial charge on any atom is 0.127 e. The van der Waals surface area contributed by atoms with Gasteiger partial charge in [0, 0.05) is 38.3 Å². The number of ether oxygens (including phenoxy) is 1. The highest BCUT2D eigenvalue weighted by Crippen LogP contribution is 2.32. The van der Waals surface area contributed by atoms with Gasteiger partial charge in [-0.25, -0.2) is 0 Å². The van der Waals surface area contributed by atoms with E-state index in [-0.39, 0.29) is 0 Å². The van der Waals surface area contributed by atoms with Crippen molar-refractivity contribution in [3.05, 3.63) is 96.1 Å². The van der Waals surface area contributed by atoms with Crippen molar-refractivity contribution >= 4 is 0 Å². The SMILES string of the molecule is c1ccc(CN2C[C@H](CC3CCCCC3)NCC2C2CCN(Cc3ccc(Oc4ccccc4)cc3)CC2)cc1. The Morgan fingerprint density at radius 1 is 0.675 bits per heavy atom. The molecule has 0 bridgehead atoms. The third-order valence-electron chi connectivity index (χ3n) is 9.60. The average molecular weight is 538 g/mol. The molecule has 0 spiro atoms. The number of likely N-dealkylation sites (tertiary alicyclic amines) is 1. The Hall–Kier alpha value is -2.66. The molecule has 4 nitrogen and oxygen atoms in total. The fraction of sp³-hybridized carbons (Fsp3) is 0.500. The summed E-state index contributed by atoms with van der Waals surface area (Å²) < 4.78 is 5.98. The molecule has 0 radical (unpaired) electrons. The molecule has 3 fully saturated rings. The molecule has 1 saturated carbocycles. The fourth-order valence-electron chi connectivity index (χ4n) is 7.39. The first-order valence-electron chi connectivity index (χ1n) is 15.8. The van der Waals surface area contributed by atoms with Gasteiger partial charge in [0.25, 0.3) is 0 Å². The van der Waals surface area contributed by atoms with Crippen LogP contribution in [0.4, 0.5) is 0 Å². The van der Waals surface area contributed by atoms with Crippen molar-refractivity contribution in [1.29, 1.82) is 0 Å². The molecular weight excluding hydrogens is 490 g/mol. The van der Waals surface area contributed by atoms with Gasteiger partial charge in [0.05, 0.1) is 0 Å². The number of para-hydroxylation sites is 1. The third-order valence-corrected chi connectivity index (χ3v) is 9.60. The Morgan fingerprint density at radius 2 is 1.32 bits per heavy atom. The lowest BCUT2D eigenvalue weighted by Gasteiger charge is -2.47. The summed E-state index contributed by atoms with van der Waals surface area (Å²) in [6, 6.07) is 31.1. The van der Waals surface area contributed by atoms with Crippen molar-refractivity contribution < 1.29 is 4.74 Å². The first-order valence-corrected chi connectivity index (χ1v) is 15.8. The Bertz CT molecular complexity index is 1140. The first kappa shape index (κ1) is 27.5. The molecule has 2 aliphatic heterocycles. The maximum atomic E-state index is 5.98. The van der Waals surface area contributed by atoms with Crippen LogP contribution in [0.1, 0.15) is 62.5 Å². The molecular formula is C36H47N3O. The normalized spacial score (nSPS) is 23.7. The number of nitrogens with one attached hydrogen (secondary N) is 1. The van der Waals surface area contributed by atoms with Crippen LogP contribution in [0.2, 0.25) is 0 Å². The zero-order valence-corrected chi connectivity index (χ0v) is 24.1. The van der Waals surface area contributed by atoms with Crippen molar-refractivity contribution in [2.24, 2.45) is 11.8 Å². The lowest BCUT2D eigenvalue weighted by atomic mass is 9.82. The number of hydrogen-bond donors (Lipinski definition) is 1. The predicted octanol–water partition coefficient (Wildman–Crippen LogP) is 7.50. The van der Waals surface area contributed by atoms with Crippen LogP contribution < -0.4 is 10.1 Å². The van der Waals surface area contributed by atoms with Crippen LogP contribution in [-0.4, -0.2) is 48.1 Å². The fourth-order valence-corrected chi connectivity index (χ4v) is 7.39. The molecule has 0 aromatic heterocycles. The lowest BCUT2D eigenvalue weighted by Crippen LogP contribution is -2.59. The van der Waals surface area contributed by atoms with E-state index in [2.05, 4.69) is 69.7 Å². The Labute approximate surface area is 241 Å². The van der Waals surface area contributed by atoms with Gasteiger partial charge in [-0.15, -0.1) is 0 Å². The van der Waals surface area contributed by atoms with E-state index in [0.717, 1.165) is 43.0 Å². The van der Waals surface area contributed by atoms with Gasteiger partial charge in [-0.05, 0) is 79.6 Å². The molecule has 2 atom stereocenters. The van der Waals surface area contributed by atoms with Crippen molar-refractivity contribution in [3.8, 4) is 11.5 Å². The quantitative estimate of drug-likeness (QED) is 0.306. The van der Waals surface area contributed by atoms with E-state index in [0.29, 0.717) is 12.1 Å². The summed E-state index contributed by atoms with van der Waals surface area (Å²) >= 11 is 0. The second kappa shape index (κ2) is 13.8. The highest BCUT2D eigenvalue weighted by molar-refractivity contribution is 5.33. The second-order valence-corrected chi connectivity index (χ2v) is 12.5. The number of benzene rings is 3. The van der Waals surface area contributed by atoms with Crippen LogP contribution in [0.15, 0.2) is 84.9 Å². The van der Waals surface area contributed by atoms with E-state index >= 15 is 0 Å². The van der Waals surface area contributed by atoms with Crippen molar-refractivity contribution in [1.82, 2.24) is 15.1 Å². The molecule has 6 rings (SSSR count). The van der Waals surface area contributed by atoms with Gasteiger partial charge in [-0.2, -0.15) is 0 Å². The molecule has 1 unspecified atom stereocenters. The van der Waals surface area contributed by atoms with Crippen LogP contribution >= 0.6 is 0 Å². The highest BCUT2D eigenvalue weighted by atomic mass is 16.5. The Morgan fingerprint density at radius 3 is 2.05 bits per heavy atom. The monoisotopic (exact) mass is 537 g/mol. The largest absolute Gasteiger partial charge is 0.457 e. The summed E-state index contributed by atoms with van der Waals surface area (Å²) in [6.45, 7) is 6.85. The van der Waals surface area contributed by atoms with E-state index < -0.39 is 0 Å². The van der Waals surface area contributed by atoms with Crippen molar-refractivity contribution in [3.63, 3.8) is 0 Å². The van der Waals surface area contributed by atoms with Gasteiger partial charge in [0.15, 0.2) is 0 Å². The molecule has 4 heteroatoms. The number of nitrogens with zero attached hydrogens (tertiary/aromatic N) is 2. The van der Waals surface area contributed by atoms with Crippen molar-refractivity contribution in [2.45, 2.75) is 76.5 Å². The van der Waals surface area contributed by atoms with E-state index in [9.17, 15) is 0 Å². The molecule has 3 aliphatic rings. The zero-order valence-electron chi connectivity index (χ0n) is 24.1. The third kappa shape index (κ3) is 7.54. The van der Waals surface area contributed by atoms with Gasteiger partial charge in [0.2, 0.25) is 0 Å². The van der Waals surface area contributed by atoms with Gasteiger partial charge < -0.3 is 10.1 Å². The second-order valence-electron chi connectivity index (χ2n) is 12.5. The molecule has 40 heavy (non-hydrogen) atoms. The molecule has 3 aromatic carbocycles. The van der Waals surface area contributed by atoms with Crippen LogP contribution in [0.3, 0.4) is 0 Å². The maximum absolute atomic E-state index is 5.98. The average Bonchev–Trinajstić information content (AvgIpc) is 3.00. The summed E-state index contributed by atoms with van der Waals surface area (Å²) in [4.78, 5) is 5.50. The van der Waals surface area contributed by atoms with E-state index in [1.165, 1.54) is 82.1 Å². The van der Waals surface area contributed by atoms with E-state index in [1.807, 2.05) is 30.3 Å². The van der Waals surface area contributed by atoms with Gasteiger partial charge in [0.1, 0.15) is 11.5 Å². The predicted molar refractivity (Wildman–Crippen MR) is 165 cm³/mol. The zero-order chi connectivity index (χ0) is 27.0. The minimum absolute atomic E-state index is 0.638. The van der Waals surface area contributed by atoms with Crippen LogP contribution in [0, 0.1) is 11.8 Å². The van der Waals surface area contributed by atoms with Crippen LogP contribution in [0.25, 0.3) is 0 Å². The summed E-state index contributed by atoms with van der Waals surface area (Å²) in [5.74, 6) is 3.49. The van der Waals surface area contributed by atoms with E-state index in [4.69, 9.17) is 4.74 Å². The Balaban J connectivity index is 1.02. The van der Waals surface area contributed by atoms with Gasteiger partial charge in [-0.1, -0.05) is 92.8 Å². The summed E-state index contributed by atoms with van der Waals surface area (Å²) in [5, 5.41) is 4.04. The highest BCUT2D eigenvalue weighted by Gasteiger charge is 2.35. The number of rotatable bonds is 9. The summed E-state index contributed by atoms with van der Waals surface area (Å²) in [6.07, 6.45) is 11.2.